The van der Waals surface area contributed by atoms with Crippen molar-refractivity contribution in [1.82, 2.24) is 14.8 Å². The maximum absolute atomic E-state index is 14.8. The van der Waals surface area contributed by atoms with Gasteiger partial charge in [0.1, 0.15) is 16.7 Å². The molecule has 2 aromatic heterocycles. The average molecular weight is 686 g/mol. The Labute approximate surface area is 263 Å². The highest BCUT2D eigenvalue weighted by Crippen LogP contribution is 2.45. The summed E-state index contributed by atoms with van der Waals surface area (Å²) in [5.41, 5.74) is 0.773. The summed E-state index contributed by atoms with van der Waals surface area (Å²) < 4.78 is 115. The lowest BCUT2D eigenvalue weighted by Crippen LogP contribution is -2.25. The van der Waals surface area contributed by atoms with Gasteiger partial charge in [-0.25, -0.2) is 14.1 Å². The summed E-state index contributed by atoms with van der Waals surface area (Å²) in [4.78, 5) is 4.39. The van der Waals surface area contributed by atoms with E-state index in [0.29, 0.717) is 22.8 Å². The van der Waals surface area contributed by atoms with Gasteiger partial charge in [0.25, 0.3) is 0 Å². The third-order valence-electron chi connectivity index (χ3n) is 6.74. The largest absolute Gasteiger partial charge is 0.586 e. The van der Waals surface area contributed by atoms with E-state index in [9.17, 15) is 31.4 Å². The van der Waals surface area contributed by atoms with Crippen LogP contribution in [0.5, 0.6) is 11.5 Å². The molecule has 46 heavy (non-hydrogen) atoms. The van der Waals surface area contributed by atoms with Crippen molar-refractivity contribution in [3.8, 4) is 50.9 Å². The third kappa shape index (κ3) is 6.36. The second-order valence-corrected chi connectivity index (χ2v) is 10.2. The number of aliphatic hydroxyl groups excluding tert-OH is 1. The van der Waals surface area contributed by atoms with E-state index < -0.39 is 42.2 Å². The predicted octanol–water partition coefficient (Wildman–Crippen LogP) is 7.43. The molecular weight excluding hydrogens is 668 g/mol. The van der Waals surface area contributed by atoms with E-state index in [1.165, 1.54) is 49.4 Å². The first kappa shape index (κ1) is 32.7. The van der Waals surface area contributed by atoms with Gasteiger partial charge in [-0.15, -0.1) is 8.78 Å². The Morgan fingerprint density at radius 3 is 2.26 bits per heavy atom. The molecule has 0 spiro atoms. The standard InChI is InChI=1S/C29H18ClF6N3O4.O2S/c1-13-7-17(9-20(31)19(13)12-40)15-3-5-21(39-25(30)11-24(38-39)28(32,33)34)18(8-15)27-26(37-14(2)41-27)16-4-6-22-23(10-16)43-29(35,36)42-22;1-3-2/h3-11,40H,12H2,1-2H3;. The quantitative estimate of drug-likeness (QED) is 0.190. The Morgan fingerprint density at radius 2 is 1.63 bits per heavy atom. The van der Waals surface area contributed by atoms with Crippen LogP contribution in [-0.4, -0.2) is 34.6 Å². The zero-order chi connectivity index (χ0) is 33.6. The number of aryl methyl sites for hydroxylation is 2. The maximum Gasteiger partial charge on any atom is 0.586 e. The summed E-state index contributed by atoms with van der Waals surface area (Å²) in [5.74, 6) is -0.945. The normalized spacial score (nSPS) is 13.3. The molecule has 0 amide bonds. The number of fused-ring (bicyclic) bond motifs is 1. The van der Waals surface area contributed by atoms with Crippen molar-refractivity contribution in [2.45, 2.75) is 32.9 Å². The number of rotatable bonds is 5. The zero-order valence-corrected chi connectivity index (χ0v) is 24.9. The minimum absolute atomic E-state index is 0.0317. The van der Waals surface area contributed by atoms with E-state index in [1.54, 1.807) is 13.0 Å². The summed E-state index contributed by atoms with van der Waals surface area (Å²) in [6, 6.07) is 11.9. The number of benzene rings is 3. The van der Waals surface area contributed by atoms with E-state index in [2.05, 4.69) is 19.6 Å². The summed E-state index contributed by atoms with van der Waals surface area (Å²) in [5, 5.41) is 12.8. The lowest BCUT2D eigenvalue weighted by molar-refractivity contribution is -0.286. The summed E-state index contributed by atoms with van der Waals surface area (Å²) in [6.45, 7) is 2.63. The lowest BCUT2D eigenvalue weighted by atomic mass is 9.96. The molecule has 9 nitrogen and oxygen atoms in total. The number of hydrogen-bond acceptors (Lipinski definition) is 8. The Bertz CT molecular complexity index is 1980. The minimum Gasteiger partial charge on any atom is -0.440 e. The number of alkyl halides is 5. The second-order valence-electron chi connectivity index (χ2n) is 9.71. The Hall–Kier alpha value is -4.67. The summed E-state index contributed by atoms with van der Waals surface area (Å²) >= 11 is 5.46. The van der Waals surface area contributed by atoms with Crippen LogP contribution in [-0.2, 0) is 24.4 Å². The monoisotopic (exact) mass is 685 g/mol. The van der Waals surface area contributed by atoms with E-state index in [4.69, 9.17) is 24.4 Å². The van der Waals surface area contributed by atoms with Gasteiger partial charge in [-0.05, 0) is 60.0 Å². The first-order chi connectivity index (χ1) is 21.6. The van der Waals surface area contributed by atoms with E-state index in [0.717, 1.165) is 4.68 Å². The van der Waals surface area contributed by atoms with Crippen LogP contribution < -0.4 is 9.47 Å². The van der Waals surface area contributed by atoms with Gasteiger partial charge >= 0.3 is 24.0 Å². The molecule has 0 radical (unpaired) electrons. The number of oxazole rings is 1. The van der Waals surface area contributed by atoms with E-state index in [1.807, 2.05) is 0 Å². The Kier molecular flexibility index (Phi) is 8.72. The average Bonchev–Trinajstić information content (AvgIpc) is 3.65. The number of aromatic nitrogens is 3. The first-order valence-corrected chi connectivity index (χ1v) is 13.9. The lowest BCUT2D eigenvalue weighted by Gasteiger charge is -2.14. The Balaban J connectivity index is 0.00000134. The molecule has 1 aliphatic rings. The van der Waals surface area contributed by atoms with Crippen LogP contribution in [0.25, 0.3) is 39.4 Å². The fourth-order valence-electron chi connectivity index (χ4n) is 4.79. The molecule has 0 unspecified atom stereocenters. The molecule has 0 bridgehead atoms. The molecule has 17 heteroatoms. The number of ether oxygens (including phenoxy) is 2. The van der Waals surface area contributed by atoms with Crippen LogP contribution in [0.4, 0.5) is 26.3 Å². The molecule has 0 fully saturated rings. The van der Waals surface area contributed by atoms with Gasteiger partial charge in [0.15, 0.2) is 28.8 Å². The van der Waals surface area contributed by atoms with Gasteiger partial charge < -0.3 is 19.0 Å². The molecular formula is C29H18ClF6N3O6S. The van der Waals surface area contributed by atoms with Gasteiger partial charge in [0, 0.05) is 29.7 Å². The molecule has 1 aliphatic heterocycles. The topological polar surface area (TPSA) is 117 Å². The SMILES string of the molecule is Cc1nc(-c2ccc3c(c2)OC(F)(F)O3)c(-c2cc(-c3cc(C)c(CO)c(F)c3)ccc2-n2nc(C(F)(F)F)cc2Cl)o1.O=S=O. The molecule has 0 saturated heterocycles. The summed E-state index contributed by atoms with van der Waals surface area (Å²) in [7, 11) is 0. The van der Waals surface area contributed by atoms with Crippen molar-refractivity contribution in [1.29, 1.82) is 0 Å². The molecule has 0 atom stereocenters. The number of halogens is 7. The number of hydrogen-bond donors (Lipinski definition) is 1. The Morgan fingerprint density at radius 1 is 0.957 bits per heavy atom. The van der Waals surface area contributed by atoms with E-state index in [-0.39, 0.29) is 56.4 Å². The zero-order valence-electron chi connectivity index (χ0n) is 23.3. The molecule has 6 rings (SSSR count). The maximum atomic E-state index is 14.8. The fourth-order valence-corrected chi connectivity index (χ4v) is 5.02. The predicted molar refractivity (Wildman–Crippen MR) is 150 cm³/mol. The molecule has 0 saturated carbocycles. The molecule has 3 aromatic carbocycles. The van der Waals surface area contributed by atoms with Crippen molar-refractivity contribution >= 4 is 23.2 Å². The van der Waals surface area contributed by atoms with Gasteiger partial charge in [0.2, 0.25) is 0 Å². The molecule has 240 valence electrons. The number of nitrogens with zero attached hydrogens (tertiary/aromatic N) is 3. The molecule has 5 aromatic rings. The van der Waals surface area contributed by atoms with Crippen molar-refractivity contribution in [3.63, 3.8) is 0 Å². The first-order valence-electron chi connectivity index (χ1n) is 12.8. The van der Waals surface area contributed by atoms with E-state index >= 15 is 0 Å². The fraction of sp³-hybridized carbons (Fsp3) is 0.172. The van der Waals surface area contributed by atoms with Gasteiger partial charge in [-0.1, -0.05) is 23.7 Å². The number of aliphatic hydroxyl groups is 1. The van der Waals surface area contributed by atoms with Gasteiger partial charge in [0.05, 0.1) is 12.3 Å². The van der Waals surface area contributed by atoms with Crippen LogP contribution in [0.1, 0.15) is 22.7 Å². The molecule has 0 aliphatic carbocycles. The van der Waals surface area contributed by atoms with Crippen LogP contribution in [0.2, 0.25) is 5.15 Å². The van der Waals surface area contributed by atoms with Crippen LogP contribution in [0.15, 0.2) is 59.0 Å². The molecule has 1 N–H and O–H groups in total. The molecule has 3 heterocycles. The minimum atomic E-state index is -4.79. The second kappa shape index (κ2) is 12.3. The highest BCUT2D eigenvalue weighted by atomic mass is 35.5. The van der Waals surface area contributed by atoms with Crippen LogP contribution >= 0.6 is 11.6 Å². The van der Waals surface area contributed by atoms with Crippen LogP contribution in [0.3, 0.4) is 0 Å². The van der Waals surface area contributed by atoms with Crippen molar-refractivity contribution in [2.75, 3.05) is 0 Å². The third-order valence-corrected chi connectivity index (χ3v) is 7.01. The van der Waals surface area contributed by atoms with Crippen LogP contribution in [0, 0.1) is 19.7 Å². The highest BCUT2D eigenvalue weighted by molar-refractivity contribution is 7.51. The van der Waals surface area contributed by atoms with Crippen molar-refractivity contribution < 1.29 is 53.8 Å². The van der Waals surface area contributed by atoms with Gasteiger partial charge in [-0.2, -0.15) is 26.7 Å². The van der Waals surface area contributed by atoms with Crippen molar-refractivity contribution in [3.05, 3.63) is 88.3 Å². The van der Waals surface area contributed by atoms with Crippen molar-refractivity contribution in [2.24, 2.45) is 0 Å². The highest BCUT2D eigenvalue weighted by Gasteiger charge is 2.43. The smallest absolute Gasteiger partial charge is 0.440 e. The summed E-state index contributed by atoms with van der Waals surface area (Å²) in [6.07, 6.45) is -8.65. The van der Waals surface area contributed by atoms with Gasteiger partial charge in [-0.3, -0.25) is 0 Å².